The predicted octanol–water partition coefficient (Wildman–Crippen LogP) is 2.05. The highest BCUT2D eigenvalue weighted by molar-refractivity contribution is 6.24. The van der Waals surface area contributed by atoms with Gasteiger partial charge in [-0.15, -0.1) is 0 Å². The Bertz CT molecular complexity index is 1090. The smallest absolute Gasteiger partial charge is 0.282 e. The van der Waals surface area contributed by atoms with Gasteiger partial charge in [0.2, 0.25) is 5.91 Å². The number of hydrogen-bond donors (Lipinski definition) is 0. The van der Waals surface area contributed by atoms with E-state index < -0.39 is 29.0 Å². The fourth-order valence-electron chi connectivity index (χ4n) is 3.93. The van der Waals surface area contributed by atoms with Crippen LogP contribution in [-0.4, -0.2) is 76.6 Å². The third kappa shape index (κ3) is 4.28. The standard InChI is InChI=1S/C23H22N4O5/c28-20(16-26-22(29)18-9-4-10-19(27(31)32)21(18)23(26)30)25-14-12-24(13-15-25)11-5-8-17-6-2-1-3-7-17/h1-10H,11-16H2/b8-5+. The highest BCUT2D eigenvalue weighted by Gasteiger charge is 2.42. The van der Waals surface area contributed by atoms with E-state index in [0.29, 0.717) is 26.2 Å². The molecule has 2 aromatic rings. The summed E-state index contributed by atoms with van der Waals surface area (Å²) in [6.45, 7) is 2.68. The average Bonchev–Trinajstić information content (AvgIpc) is 3.05. The molecule has 9 nitrogen and oxygen atoms in total. The van der Waals surface area contributed by atoms with Gasteiger partial charge < -0.3 is 4.90 Å². The van der Waals surface area contributed by atoms with Crippen LogP contribution in [0.1, 0.15) is 26.3 Å². The zero-order chi connectivity index (χ0) is 22.7. The number of rotatable bonds is 6. The van der Waals surface area contributed by atoms with Gasteiger partial charge in [0.1, 0.15) is 12.1 Å². The van der Waals surface area contributed by atoms with Crippen molar-refractivity contribution in [1.82, 2.24) is 14.7 Å². The summed E-state index contributed by atoms with van der Waals surface area (Å²) in [5, 5.41) is 11.2. The lowest BCUT2D eigenvalue weighted by Crippen LogP contribution is -2.51. The minimum atomic E-state index is -0.796. The summed E-state index contributed by atoms with van der Waals surface area (Å²) < 4.78 is 0. The number of benzene rings is 2. The van der Waals surface area contributed by atoms with Gasteiger partial charge in [-0.05, 0) is 11.6 Å². The molecule has 0 atom stereocenters. The molecule has 0 spiro atoms. The number of nitrogens with zero attached hydrogens (tertiary/aromatic N) is 4. The second kappa shape index (κ2) is 9.11. The second-order valence-corrected chi connectivity index (χ2v) is 7.65. The highest BCUT2D eigenvalue weighted by Crippen LogP contribution is 2.30. The first-order chi connectivity index (χ1) is 15.5. The van der Waals surface area contributed by atoms with Gasteiger partial charge in [-0.3, -0.25) is 34.3 Å². The molecule has 3 amide bonds. The van der Waals surface area contributed by atoms with E-state index in [1.54, 1.807) is 4.90 Å². The Kier molecular flexibility index (Phi) is 6.09. The Labute approximate surface area is 184 Å². The van der Waals surface area contributed by atoms with Crippen LogP contribution in [0.15, 0.2) is 54.6 Å². The van der Waals surface area contributed by atoms with Gasteiger partial charge in [0.05, 0.1) is 10.5 Å². The molecule has 2 aromatic carbocycles. The predicted molar refractivity (Wildman–Crippen MR) is 117 cm³/mol. The molecule has 0 aromatic heterocycles. The van der Waals surface area contributed by atoms with Crippen LogP contribution in [0.4, 0.5) is 5.69 Å². The van der Waals surface area contributed by atoms with E-state index in [9.17, 15) is 24.5 Å². The van der Waals surface area contributed by atoms with E-state index in [2.05, 4.69) is 17.1 Å². The van der Waals surface area contributed by atoms with Crippen molar-refractivity contribution >= 4 is 29.5 Å². The molecule has 0 bridgehead atoms. The minimum Gasteiger partial charge on any atom is -0.339 e. The van der Waals surface area contributed by atoms with Crippen molar-refractivity contribution in [2.45, 2.75) is 0 Å². The van der Waals surface area contributed by atoms with Gasteiger partial charge in [-0.1, -0.05) is 48.6 Å². The first kappa shape index (κ1) is 21.4. The maximum atomic E-state index is 12.7. The fourth-order valence-corrected chi connectivity index (χ4v) is 3.93. The monoisotopic (exact) mass is 434 g/mol. The molecule has 164 valence electrons. The third-order valence-electron chi connectivity index (χ3n) is 5.67. The van der Waals surface area contributed by atoms with Gasteiger partial charge in [-0.2, -0.15) is 0 Å². The summed E-state index contributed by atoms with van der Waals surface area (Å²) in [7, 11) is 0. The number of carbonyl (C=O) groups excluding carboxylic acids is 3. The molecule has 2 heterocycles. The Balaban J connectivity index is 1.32. The topological polar surface area (TPSA) is 104 Å². The molecule has 1 saturated heterocycles. The number of piperazine rings is 1. The molecule has 32 heavy (non-hydrogen) atoms. The van der Waals surface area contributed by atoms with Crippen molar-refractivity contribution in [3.05, 3.63) is 81.4 Å². The maximum absolute atomic E-state index is 12.7. The maximum Gasteiger partial charge on any atom is 0.282 e. The molecule has 1 fully saturated rings. The van der Waals surface area contributed by atoms with Crippen LogP contribution < -0.4 is 0 Å². The summed E-state index contributed by atoms with van der Waals surface area (Å²) in [5.41, 5.74) is 0.424. The van der Waals surface area contributed by atoms with Crippen molar-refractivity contribution in [1.29, 1.82) is 0 Å². The Hall–Kier alpha value is -3.85. The third-order valence-corrected chi connectivity index (χ3v) is 5.67. The van der Waals surface area contributed by atoms with Gasteiger partial charge >= 0.3 is 0 Å². The van der Waals surface area contributed by atoms with Crippen LogP contribution in [0.5, 0.6) is 0 Å². The Morgan fingerprint density at radius 3 is 2.38 bits per heavy atom. The van der Waals surface area contributed by atoms with Crippen LogP contribution in [-0.2, 0) is 4.79 Å². The van der Waals surface area contributed by atoms with E-state index >= 15 is 0 Å². The normalized spacial score (nSPS) is 16.6. The van der Waals surface area contributed by atoms with Gasteiger partial charge in [0, 0.05) is 38.8 Å². The van der Waals surface area contributed by atoms with E-state index in [1.807, 2.05) is 30.3 Å². The molecule has 2 aliphatic heterocycles. The summed E-state index contributed by atoms with van der Waals surface area (Å²) in [4.78, 5) is 53.1. The van der Waals surface area contributed by atoms with Crippen molar-refractivity contribution in [2.24, 2.45) is 0 Å². The van der Waals surface area contributed by atoms with Crippen LogP contribution in [0.2, 0.25) is 0 Å². The van der Waals surface area contributed by atoms with Gasteiger partial charge in [0.15, 0.2) is 0 Å². The van der Waals surface area contributed by atoms with Crippen molar-refractivity contribution in [2.75, 3.05) is 39.3 Å². The lowest BCUT2D eigenvalue weighted by Gasteiger charge is -2.34. The van der Waals surface area contributed by atoms with E-state index in [0.717, 1.165) is 17.0 Å². The zero-order valence-electron chi connectivity index (χ0n) is 17.3. The number of imide groups is 1. The number of nitro groups is 1. The molecule has 4 rings (SSSR count). The molecule has 0 unspecified atom stereocenters. The second-order valence-electron chi connectivity index (χ2n) is 7.65. The van der Waals surface area contributed by atoms with Crippen LogP contribution in [0, 0.1) is 10.1 Å². The SMILES string of the molecule is O=C(CN1C(=O)c2cccc([N+](=O)[O-])c2C1=O)N1CCN(C/C=C/c2ccccc2)CC1. The number of hydrogen-bond acceptors (Lipinski definition) is 6. The number of carbonyl (C=O) groups is 3. The zero-order valence-corrected chi connectivity index (χ0v) is 17.3. The molecule has 0 aliphatic carbocycles. The Morgan fingerprint density at radius 2 is 1.69 bits per heavy atom. The van der Waals surface area contributed by atoms with Crippen LogP contribution in [0.25, 0.3) is 6.08 Å². The van der Waals surface area contributed by atoms with E-state index in [1.165, 1.54) is 18.2 Å². The van der Waals surface area contributed by atoms with Crippen LogP contribution in [0.3, 0.4) is 0 Å². The molecule has 0 saturated carbocycles. The minimum absolute atomic E-state index is 0.0352. The summed E-state index contributed by atoms with van der Waals surface area (Å²) >= 11 is 0. The van der Waals surface area contributed by atoms with E-state index in [-0.39, 0.29) is 17.0 Å². The largest absolute Gasteiger partial charge is 0.339 e. The van der Waals surface area contributed by atoms with Crippen molar-refractivity contribution in [3.63, 3.8) is 0 Å². The quantitative estimate of drug-likeness (QED) is 0.392. The van der Waals surface area contributed by atoms with Crippen LogP contribution >= 0.6 is 0 Å². The molecule has 0 radical (unpaired) electrons. The molecule has 9 heteroatoms. The van der Waals surface area contributed by atoms with Gasteiger partial charge in [-0.25, -0.2) is 0 Å². The Morgan fingerprint density at radius 1 is 0.969 bits per heavy atom. The van der Waals surface area contributed by atoms with E-state index in [4.69, 9.17) is 0 Å². The molecule has 2 aliphatic rings. The summed E-state index contributed by atoms with van der Waals surface area (Å²) in [6, 6.07) is 13.9. The molecule has 0 N–H and O–H groups in total. The number of nitro benzene ring substituents is 1. The summed E-state index contributed by atoms with van der Waals surface area (Å²) in [6.07, 6.45) is 4.14. The molecular weight excluding hydrogens is 412 g/mol. The number of amides is 3. The lowest BCUT2D eigenvalue weighted by atomic mass is 10.1. The first-order valence-corrected chi connectivity index (χ1v) is 10.3. The summed E-state index contributed by atoms with van der Waals surface area (Å²) in [5.74, 6) is -1.82. The molecular formula is C23H22N4O5. The van der Waals surface area contributed by atoms with Gasteiger partial charge in [0.25, 0.3) is 17.5 Å². The lowest BCUT2D eigenvalue weighted by molar-refractivity contribution is -0.385. The van der Waals surface area contributed by atoms with Crippen molar-refractivity contribution < 1.29 is 19.3 Å². The highest BCUT2D eigenvalue weighted by atomic mass is 16.6. The number of fused-ring (bicyclic) bond motifs is 1. The first-order valence-electron chi connectivity index (χ1n) is 10.3. The van der Waals surface area contributed by atoms with Crippen molar-refractivity contribution in [3.8, 4) is 0 Å². The fraction of sp³-hybridized carbons (Fsp3) is 0.261. The average molecular weight is 434 g/mol.